The van der Waals surface area contributed by atoms with Crippen molar-refractivity contribution in [2.24, 2.45) is 0 Å². The van der Waals surface area contributed by atoms with Gasteiger partial charge in [-0.2, -0.15) is 0 Å². The highest BCUT2D eigenvalue weighted by Crippen LogP contribution is 2.00. The number of rotatable bonds is 7. The first kappa shape index (κ1) is 16.0. The molecule has 0 spiro atoms. The maximum Gasteiger partial charge on any atom is 0.244 e. The minimum atomic E-state index is -0.190. The third kappa shape index (κ3) is 6.73. The standard InChI is InChI=1S/C16H22N2O2/c1-3-13(2)18-16(20)11-12-17-15(19)10-9-14-7-5-4-6-8-14/h4-10,13H,3,11-12H2,1-2H3,(H,17,19)(H,18,20)/b10-9+. The Labute approximate surface area is 120 Å². The average molecular weight is 274 g/mol. The van der Waals surface area contributed by atoms with Gasteiger partial charge >= 0.3 is 0 Å². The van der Waals surface area contributed by atoms with Crippen LogP contribution in [0.3, 0.4) is 0 Å². The van der Waals surface area contributed by atoms with E-state index in [2.05, 4.69) is 10.6 Å². The topological polar surface area (TPSA) is 58.2 Å². The van der Waals surface area contributed by atoms with E-state index in [1.54, 1.807) is 6.08 Å². The van der Waals surface area contributed by atoms with Gasteiger partial charge < -0.3 is 10.6 Å². The summed E-state index contributed by atoms with van der Waals surface area (Å²) in [5.41, 5.74) is 0.970. The molecule has 1 rings (SSSR count). The van der Waals surface area contributed by atoms with Gasteiger partial charge in [0.05, 0.1) is 0 Å². The number of hydrogen-bond donors (Lipinski definition) is 2. The van der Waals surface area contributed by atoms with Gasteiger partial charge in [-0.3, -0.25) is 9.59 Å². The van der Waals surface area contributed by atoms with E-state index >= 15 is 0 Å². The van der Waals surface area contributed by atoms with Crippen molar-refractivity contribution in [3.8, 4) is 0 Å². The molecule has 1 unspecified atom stereocenters. The summed E-state index contributed by atoms with van der Waals surface area (Å²) in [5.74, 6) is -0.225. The predicted octanol–water partition coefficient (Wildman–Crippen LogP) is 2.12. The van der Waals surface area contributed by atoms with Crippen molar-refractivity contribution in [3.63, 3.8) is 0 Å². The van der Waals surface area contributed by atoms with E-state index < -0.39 is 0 Å². The maximum atomic E-state index is 11.5. The molecule has 2 N–H and O–H groups in total. The van der Waals surface area contributed by atoms with Crippen molar-refractivity contribution in [1.29, 1.82) is 0 Å². The molecule has 0 saturated carbocycles. The summed E-state index contributed by atoms with van der Waals surface area (Å²) in [5, 5.41) is 5.54. The molecule has 0 aliphatic rings. The highest BCUT2D eigenvalue weighted by molar-refractivity contribution is 5.92. The molecule has 1 aromatic rings. The van der Waals surface area contributed by atoms with Crippen LogP contribution in [-0.4, -0.2) is 24.4 Å². The normalized spacial score (nSPS) is 12.1. The molecule has 1 aromatic carbocycles. The zero-order valence-corrected chi connectivity index (χ0v) is 12.1. The molecule has 2 amide bonds. The number of benzene rings is 1. The summed E-state index contributed by atoms with van der Waals surface area (Å²) in [4.78, 5) is 23.0. The monoisotopic (exact) mass is 274 g/mol. The van der Waals surface area contributed by atoms with E-state index in [4.69, 9.17) is 0 Å². The van der Waals surface area contributed by atoms with Gasteiger partial charge in [0.25, 0.3) is 0 Å². The van der Waals surface area contributed by atoms with E-state index in [1.807, 2.05) is 44.2 Å². The predicted molar refractivity (Wildman–Crippen MR) is 81.0 cm³/mol. The molecule has 0 radical (unpaired) electrons. The molecule has 1 atom stereocenters. The number of amides is 2. The van der Waals surface area contributed by atoms with Crippen LogP contribution in [0.2, 0.25) is 0 Å². The van der Waals surface area contributed by atoms with Crippen molar-refractivity contribution in [1.82, 2.24) is 10.6 Å². The largest absolute Gasteiger partial charge is 0.354 e. The summed E-state index contributed by atoms with van der Waals surface area (Å²) in [6, 6.07) is 9.77. The fourth-order valence-corrected chi connectivity index (χ4v) is 1.54. The Morgan fingerprint density at radius 1 is 1.25 bits per heavy atom. The minimum Gasteiger partial charge on any atom is -0.354 e. The highest BCUT2D eigenvalue weighted by Gasteiger charge is 2.05. The van der Waals surface area contributed by atoms with E-state index in [0.717, 1.165) is 12.0 Å². The SMILES string of the molecule is CCC(C)NC(=O)CCNC(=O)/C=C/c1ccccc1. The Morgan fingerprint density at radius 2 is 1.95 bits per heavy atom. The summed E-state index contributed by atoms with van der Waals surface area (Å²) >= 11 is 0. The van der Waals surface area contributed by atoms with Crippen LogP contribution < -0.4 is 10.6 Å². The van der Waals surface area contributed by atoms with Gasteiger partial charge in [0, 0.05) is 25.1 Å². The molecule has 0 aliphatic carbocycles. The lowest BCUT2D eigenvalue weighted by Gasteiger charge is -2.11. The van der Waals surface area contributed by atoms with Gasteiger partial charge in [-0.25, -0.2) is 0 Å². The van der Waals surface area contributed by atoms with E-state index in [0.29, 0.717) is 13.0 Å². The van der Waals surface area contributed by atoms with Gasteiger partial charge in [-0.1, -0.05) is 37.3 Å². The second-order valence-corrected chi connectivity index (χ2v) is 4.66. The highest BCUT2D eigenvalue weighted by atomic mass is 16.2. The molecular formula is C16H22N2O2. The third-order valence-electron chi connectivity index (χ3n) is 2.90. The zero-order valence-electron chi connectivity index (χ0n) is 12.1. The Morgan fingerprint density at radius 3 is 2.60 bits per heavy atom. The van der Waals surface area contributed by atoms with Crippen molar-refractivity contribution in [2.75, 3.05) is 6.54 Å². The lowest BCUT2D eigenvalue weighted by molar-refractivity contribution is -0.121. The molecular weight excluding hydrogens is 252 g/mol. The van der Waals surface area contributed by atoms with Crippen LogP contribution in [0.1, 0.15) is 32.3 Å². The van der Waals surface area contributed by atoms with Crippen LogP contribution in [-0.2, 0) is 9.59 Å². The molecule has 0 heterocycles. The summed E-state index contributed by atoms with van der Waals surface area (Å²) < 4.78 is 0. The van der Waals surface area contributed by atoms with Crippen LogP contribution in [0.15, 0.2) is 36.4 Å². The minimum absolute atomic E-state index is 0.0355. The molecule has 4 heteroatoms. The molecule has 20 heavy (non-hydrogen) atoms. The number of hydrogen-bond acceptors (Lipinski definition) is 2. The zero-order chi connectivity index (χ0) is 14.8. The summed E-state index contributed by atoms with van der Waals surface area (Å²) in [7, 11) is 0. The Bertz CT molecular complexity index is 455. The molecule has 0 bridgehead atoms. The summed E-state index contributed by atoms with van der Waals surface area (Å²) in [6.07, 6.45) is 4.42. The molecule has 0 aromatic heterocycles. The van der Waals surface area contributed by atoms with Gasteiger partial charge in [0.2, 0.25) is 11.8 Å². The van der Waals surface area contributed by atoms with Crippen molar-refractivity contribution < 1.29 is 9.59 Å². The first-order valence-corrected chi connectivity index (χ1v) is 6.92. The van der Waals surface area contributed by atoms with Crippen molar-refractivity contribution in [3.05, 3.63) is 42.0 Å². The third-order valence-corrected chi connectivity index (χ3v) is 2.90. The molecule has 0 fully saturated rings. The average Bonchev–Trinajstić information content (AvgIpc) is 2.46. The van der Waals surface area contributed by atoms with Crippen LogP contribution in [0, 0.1) is 0 Å². The van der Waals surface area contributed by atoms with Crippen LogP contribution in [0.5, 0.6) is 0 Å². The van der Waals surface area contributed by atoms with E-state index in [-0.39, 0.29) is 17.9 Å². The number of carbonyl (C=O) groups excluding carboxylic acids is 2. The van der Waals surface area contributed by atoms with Gasteiger partial charge in [0.15, 0.2) is 0 Å². The molecule has 0 saturated heterocycles. The molecule has 4 nitrogen and oxygen atoms in total. The number of carbonyl (C=O) groups is 2. The van der Waals surface area contributed by atoms with Gasteiger partial charge in [0.1, 0.15) is 0 Å². The van der Waals surface area contributed by atoms with Gasteiger partial charge in [-0.15, -0.1) is 0 Å². The summed E-state index contributed by atoms with van der Waals surface area (Å²) in [6.45, 7) is 4.32. The molecule has 0 aliphatic heterocycles. The second kappa shape index (κ2) is 8.91. The lowest BCUT2D eigenvalue weighted by atomic mass is 10.2. The quantitative estimate of drug-likeness (QED) is 0.748. The fraction of sp³-hybridized carbons (Fsp3) is 0.375. The van der Waals surface area contributed by atoms with Crippen LogP contribution in [0.25, 0.3) is 6.08 Å². The number of nitrogens with one attached hydrogen (secondary N) is 2. The van der Waals surface area contributed by atoms with E-state index in [9.17, 15) is 9.59 Å². The smallest absolute Gasteiger partial charge is 0.244 e. The van der Waals surface area contributed by atoms with Crippen molar-refractivity contribution in [2.45, 2.75) is 32.7 Å². The van der Waals surface area contributed by atoms with Crippen LogP contribution >= 0.6 is 0 Å². The first-order valence-electron chi connectivity index (χ1n) is 6.92. The fourth-order valence-electron chi connectivity index (χ4n) is 1.54. The Kier molecular flexibility index (Phi) is 7.11. The first-order chi connectivity index (χ1) is 9.61. The molecule has 108 valence electrons. The lowest BCUT2D eigenvalue weighted by Crippen LogP contribution is -2.34. The van der Waals surface area contributed by atoms with Crippen LogP contribution in [0.4, 0.5) is 0 Å². The second-order valence-electron chi connectivity index (χ2n) is 4.66. The Balaban J connectivity index is 2.24. The van der Waals surface area contributed by atoms with Gasteiger partial charge in [-0.05, 0) is 25.0 Å². The van der Waals surface area contributed by atoms with Crippen molar-refractivity contribution >= 4 is 17.9 Å². The van der Waals surface area contributed by atoms with E-state index in [1.165, 1.54) is 6.08 Å². The maximum absolute atomic E-state index is 11.5. The Hall–Kier alpha value is -2.10.